The number of amides is 1. The SMILES string of the molecule is O=C(CCS(=O)(=O)c1ccc(Br)cc1)Nc1ccccc1. The first kappa shape index (κ1) is 15.7. The van der Waals surface area contributed by atoms with Crippen LogP contribution in [0, 0.1) is 0 Å². The van der Waals surface area contributed by atoms with E-state index in [1.165, 1.54) is 12.1 Å². The predicted octanol–water partition coefficient (Wildman–Crippen LogP) is 3.25. The fourth-order valence-electron chi connectivity index (χ4n) is 1.73. The molecule has 0 unspecified atom stereocenters. The Labute approximate surface area is 132 Å². The van der Waals surface area contributed by atoms with Crippen LogP contribution in [-0.4, -0.2) is 20.1 Å². The summed E-state index contributed by atoms with van der Waals surface area (Å²) in [6.45, 7) is 0. The van der Waals surface area contributed by atoms with Crippen LogP contribution in [0.1, 0.15) is 6.42 Å². The number of carbonyl (C=O) groups excluding carboxylic acids is 1. The van der Waals surface area contributed by atoms with Gasteiger partial charge in [-0.25, -0.2) is 8.42 Å². The molecule has 0 aliphatic carbocycles. The maximum Gasteiger partial charge on any atom is 0.225 e. The molecule has 2 aromatic carbocycles. The van der Waals surface area contributed by atoms with Crippen molar-refractivity contribution in [1.29, 1.82) is 0 Å². The van der Waals surface area contributed by atoms with Crippen LogP contribution in [0.2, 0.25) is 0 Å². The second-order valence-corrected chi connectivity index (χ2v) is 7.46. The lowest BCUT2D eigenvalue weighted by Crippen LogP contribution is -2.17. The minimum Gasteiger partial charge on any atom is -0.326 e. The van der Waals surface area contributed by atoms with Crippen LogP contribution in [0.4, 0.5) is 5.69 Å². The molecule has 1 N–H and O–H groups in total. The lowest BCUT2D eigenvalue weighted by atomic mass is 10.3. The van der Waals surface area contributed by atoms with Crippen molar-refractivity contribution < 1.29 is 13.2 Å². The van der Waals surface area contributed by atoms with Crippen molar-refractivity contribution in [2.75, 3.05) is 11.1 Å². The molecule has 0 radical (unpaired) electrons. The molecule has 0 saturated carbocycles. The average Bonchev–Trinajstić information content (AvgIpc) is 2.47. The molecule has 2 rings (SSSR count). The molecule has 0 aliphatic rings. The minimum atomic E-state index is -3.45. The van der Waals surface area contributed by atoms with E-state index in [1.54, 1.807) is 36.4 Å². The van der Waals surface area contributed by atoms with Gasteiger partial charge < -0.3 is 5.32 Å². The Hall–Kier alpha value is -1.66. The summed E-state index contributed by atoms with van der Waals surface area (Å²) in [6, 6.07) is 15.3. The molecule has 110 valence electrons. The van der Waals surface area contributed by atoms with Gasteiger partial charge in [-0.05, 0) is 36.4 Å². The van der Waals surface area contributed by atoms with E-state index in [9.17, 15) is 13.2 Å². The van der Waals surface area contributed by atoms with E-state index in [-0.39, 0.29) is 23.0 Å². The Kier molecular flexibility index (Phi) is 5.14. The topological polar surface area (TPSA) is 63.2 Å². The van der Waals surface area contributed by atoms with E-state index < -0.39 is 9.84 Å². The Morgan fingerprint density at radius 1 is 1.00 bits per heavy atom. The maximum absolute atomic E-state index is 12.1. The highest BCUT2D eigenvalue weighted by molar-refractivity contribution is 9.10. The van der Waals surface area contributed by atoms with Crippen LogP contribution in [-0.2, 0) is 14.6 Å². The summed E-state index contributed by atoms with van der Waals surface area (Å²) < 4.78 is 25.0. The molecule has 21 heavy (non-hydrogen) atoms. The van der Waals surface area contributed by atoms with Gasteiger partial charge in [0.15, 0.2) is 9.84 Å². The van der Waals surface area contributed by atoms with Crippen LogP contribution in [0.15, 0.2) is 64.0 Å². The zero-order valence-electron chi connectivity index (χ0n) is 11.1. The predicted molar refractivity (Wildman–Crippen MR) is 85.9 cm³/mol. The first-order valence-electron chi connectivity index (χ1n) is 6.30. The molecule has 1 amide bonds. The lowest BCUT2D eigenvalue weighted by molar-refractivity contribution is -0.115. The van der Waals surface area contributed by atoms with E-state index in [2.05, 4.69) is 21.2 Å². The number of hydrogen-bond acceptors (Lipinski definition) is 3. The van der Waals surface area contributed by atoms with Crippen LogP contribution in [0.25, 0.3) is 0 Å². The molecule has 0 fully saturated rings. The van der Waals surface area contributed by atoms with Gasteiger partial charge in [-0.15, -0.1) is 0 Å². The summed E-state index contributed by atoms with van der Waals surface area (Å²) in [5, 5.41) is 2.66. The van der Waals surface area contributed by atoms with Crippen LogP contribution in [0.5, 0.6) is 0 Å². The van der Waals surface area contributed by atoms with E-state index in [0.29, 0.717) is 5.69 Å². The molecule has 0 aromatic heterocycles. The summed E-state index contributed by atoms with van der Waals surface area (Å²) in [6.07, 6.45) is -0.0761. The number of para-hydroxylation sites is 1. The van der Waals surface area contributed by atoms with Crippen LogP contribution in [0.3, 0.4) is 0 Å². The van der Waals surface area contributed by atoms with Crippen molar-refractivity contribution in [3.05, 3.63) is 59.1 Å². The Balaban J connectivity index is 1.95. The second kappa shape index (κ2) is 6.87. The number of anilines is 1. The Morgan fingerprint density at radius 3 is 2.24 bits per heavy atom. The molecule has 0 spiro atoms. The number of hydrogen-bond donors (Lipinski definition) is 1. The summed E-state index contributed by atoms with van der Waals surface area (Å²) in [5.41, 5.74) is 0.656. The molecule has 0 atom stereocenters. The molecule has 0 aliphatic heterocycles. The highest BCUT2D eigenvalue weighted by atomic mass is 79.9. The van der Waals surface area contributed by atoms with Gasteiger partial charge in [-0.2, -0.15) is 0 Å². The largest absolute Gasteiger partial charge is 0.326 e. The van der Waals surface area contributed by atoms with Crippen molar-refractivity contribution >= 4 is 37.4 Å². The first-order valence-corrected chi connectivity index (χ1v) is 8.75. The smallest absolute Gasteiger partial charge is 0.225 e. The highest BCUT2D eigenvalue weighted by Crippen LogP contribution is 2.16. The molecule has 4 nitrogen and oxygen atoms in total. The number of nitrogens with one attached hydrogen (secondary N) is 1. The van der Waals surface area contributed by atoms with Gasteiger partial charge in [0.05, 0.1) is 10.6 Å². The standard InChI is InChI=1S/C15H14BrNO3S/c16-12-6-8-14(9-7-12)21(19,20)11-10-15(18)17-13-4-2-1-3-5-13/h1-9H,10-11H2,(H,17,18). The number of carbonyl (C=O) groups is 1. The van der Waals surface area contributed by atoms with Crippen LogP contribution >= 0.6 is 15.9 Å². The van der Waals surface area contributed by atoms with Gasteiger partial charge in [0, 0.05) is 16.6 Å². The number of sulfone groups is 1. The van der Waals surface area contributed by atoms with E-state index in [4.69, 9.17) is 0 Å². The van der Waals surface area contributed by atoms with Crippen molar-refractivity contribution in [3.63, 3.8) is 0 Å². The zero-order valence-corrected chi connectivity index (χ0v) is 13.5. The van der Waals surface area contributed by atoms with Gasteiger partial charge in [0.2, 0.25) is 5.91 Å². The molecule has 0 bridgehead atoms. The number of rotatable bonds is 5. The molecule has 0 saturated heterocycles. The average molecular weight is 368 g/mol. The summed E-state index contributed by atoms with van der Waals surface area (Å²) in [4.78, 5) is 12.0. The second-order valence-electron chi connectivity index (χ2n) is 4.44. The quantitative estimate of drug-likeness (QED) is 0.881. The normalized spacial score (nSPS) is 11.1. The van der Waals surface area contributed by atoms with Gasteiger partial charge >= 0.3 is 0 Å². The van der Waals surface area contributed by atoms with Gasteiger partial charge in [-0.1, -0.05) is 34.1 Å². The lowest BCUT2D eigenvalue weighted by Gasteiger charge is -2.06. The molecule has 6 heteroatoms. The molecular formula is C15H14BrNO3S. The van der Waals surface area contributed by atoms with Crippen molar-refractivity contribution in [2.45, 2.75) is 11.3 Å². The Morgan fingerprint density at radius 2 is 1.62 bits per heavy atom. The third-order valence-electron chi connectivity index (χ3n) is 2.83. The maximum atomic E-state index is 12.1. The fourth-order valence-corrected chi connectivity index (χ4v) is 3.24. The van der Waals surface area contributed by atoms with E-state index >= 15 is 0 Å². The fraction of sp³-hybridized carbons (Fsp3) is 0.133. The number of halogens is 1. The Bertz CT molecular complexity index is 712. The summed E-state index contributed by atoms with van der Waals surface area (Å²) in [5.74, 6) is -0.533. The van der Waals surface area contributed by atoms with E-state index in [0.717, 1.165) is 4.47 Å². The summed E-state index contributed by atoms with van der Waals surface area (Å²) >= 11 is 3.25. The van der Waals surface area contributed by atoms with Gasteiger partial charge in [-0.3, -0.25) is 4.79 Å². The molecule has 2 aromatic rings. The summed E-state index contributed by atoms with van der Waals surface area (Å²) in [7, 11) is -3.45. The third-order valence-corrected chi connectivity index (χ3v) is 5.09. The highest BCUT2D eigenvalue weighted by Gasteiger charge is 2.16. The van der Waals surface area contributed by atoms with Crippen molar-refractivity contribution in [1.82, 2.24) is 0 Å². The van der Waals surface area contributed by atoms with Crippen molar-refractivity contribution in [2.24, 2.45) is 0 Å². The molecular weight excluding hydrogens is 354 g/mol. The van der Waals surface area contributed by atoms with Gasteiger partial charge in [0.1, 0.15) is 0 Å². The number of benzene rings is 2. The zero-order chi connectivity index (χ0) is 15.3. The monoisotopic (exact) mass is 367 g/mol. The van der Waals surface area contributed by atoms with Crippen molar-refractivity contribution in [3.8, 4) is 0 Å². The van der Waals surface area contributed by atoms with E-state index in [1.807, 2.05) is 6.07 Å². The van der Waals surface area contributed by atoms with Crippen LogP contribution < -0.4 is 5.32 Å². The minimum absolute atomic E-state index is 0.0761. The van der Waals surface area contributed by atoms with Gasteiger partial charge in [0.25, 0.3) is 0 Å². The third kappa shape index (κ3) is 4.68. The molecule has 0 heterocycles. The first-order chi connectivity index (χ1) is 9.97.